The third-order valence-electron chi connectivity index (χ3n) is 2.65. The van der Waals surface area contributed by atoms with Crippen LogP contribution in [0.3, 0.4) is 0 Å². The first-order valence-corrected chi connectivity index (χ1v) is 6.40. The Morgan fingerprint density at radius 3 is 2.69 bits per heavy atom. The molecule has 0 saturated carbocycles. The number of benzene rings is 1. The summed E-state index contributed by atoms with van der Waals surface area (Å²) in [5, 5.41) is 2.37. The average molecular weight is 222 g/mol. The van der Waals surface area contributed by atoms with Crippen LogP contribution < -0.4 is 10.1 Å². The molecule has 0 radical (unpaired) electrons. The zero-order chi connectivity index (χ0) is 11.6. The second-order valence-corrected chi connectivity index (χ2v) is 4.03. The zero-order valence-corrected chi connectivity index (χ0v) is 10.5. The summed E-state index contributed by atoms with van der Waals surface area (Å²) in [6.45, 7) is 7.26. The molecule has 0 bridgehead atoms. The summed E-state index contributed by atoms with van der Waals surface area (Å²) in [6, 6.07) is 8.32. The van der Waals surface area contributed by atoms with E-state index in [0.29, 0.717) is 0 Å². The van der Waals surface area contributed by atoms with Gasteiger partial charge in [0.15, 0.2) is 0 Å². The lowest BCUT2D eigenvalue weighted by atomic mass is 10.2. The molecule has 1 aromatic rings. The van der Waals surface area contributed by atoms with Gasteiger partial charge in [-0.25, -0.2) is 0 Å². The summed E-state index contributed by atoms with van der Waals surface area (Å²) < 4.78 is 5.60. The van der Waals surface area contributed by atoms with E-state index in [2.05, 4.69) is 30.4 Å². The Bertz CT molecular complexity index is 286. The van der Waals surface area contributed by atoms with Crippen LogP contribution in [0.2, 0.25) is 0 Å². The Morgan fingerprint density at radius 2 is 1.94 bits per heavy atom. The summed E-state index contributed by atoms with van der Waals surface area (Å²) >= 11 is 0. The maximum absolute atomic E-state index is 5.60. The van der Waals surface area contributed by atoms with E-state index in [-0.39, 0.29) is 0 Å². The van der Waals surface area contributed by atoms with Crippen LogP contribution in [0, 0.1) is 0 Å². The minimum Gasteiger partial charge on any atom is -0.493 e. The molecule has 0 atom stereocenters. The fraction of sp³-hybridized carbons (Fsp3) is 0.571. The van der Waals surface area contributed by atoms with Crippen molar-refractivity contribution in [2.24, 2.45) is 0 Å². The smallest absolute Gasteiger partial charge is 0.128 e. The van der Waals surface area contributed by atoms with Gasteiger partial charge in [-0.15, -0.1) is 0 Å². The molecule has 0 aliphatic carbocycles. The minimum absolute atomic E-state index is 0.743. The number of hydrogen-bond acceptors (Lipinski definition) is 1. The predicted octanol–water partition coefficient (Wildman–Crippen LogP) is 2.34. The van der Waals surface area contributed by atoms with Crippen LogP contribution >= 0.6 is 0 Å². The first-order valence-electron chi connectivity index (χ1n) is 6.40. The van der Waals surface area contributed by atoms with Gasteiger partial charge < -0.3 is 10.1 Å². The van der Waals surface area contributed by atoms with Gasteiger partial charge >= 0.3 is 0 Å². The molecule has 0 aliphatic heterocycles. The molecule has 2 heteroatoms. The van der Waals surface area contributed by atoms with Crippen molar-refractivity contribution >= 4 is 0 Å². The number of unbranched alkanes of at least 4 members (excludes halogenated alkanes) is 2. The third-order valence-corrected chi connectivity index (χ3v) is 2.65. The summed E-state index contributed by atoms with van der Waals surface area (Å²) in [7, 11) is 0. The molecule has 0 fully saturated rings. The van der Waals surface area contributed by atoms with Crippen LogP contribution in [0.25, 0.3) is 0 Å². The van der Waals surface area contributed by atoms with Crippen LogP contribution in [0.5, 0.6) is 5.75 Å². The van der Waals surface area contributed by atoms with Crippen LogP contribution in [0.4, 0.5) is 0 Å². The Kier molecular flexibility index (Phi) is 6.66. The van der Waals surface area contributed by atoms with E-state index in [4.69, 9.17) is 4.74 Å². The molecule has 1 rings (SSSR count). The first kappa shape index (κ1) is 13.0. The molecular formula is C14H24NO+. The molecule has 0 aliphatic rings. The molecule has 0 saturated heterocycles. The molecule has 0 heterocycles. The van der Waals surface area contributed by atoms with Gasteiger partial charge in [-0.2, -0.15) is 0 Å². The zero-order valence-electron chi connectivity index (χ0n) is 10.5. The van der Waals surface area contributed by atoms with Gasteiger partial charge in [-0.3, -0.25) is 0 Å². The van der Waals surface area contributed by atoms with Crippen molar-refractivity contribution in [3.63, 3.8) is 0 Å². The highest BCUT2D eigenvalue weighted by atomic mass is 16.5. The van der Waals surface area contributed by atoms with E-state index in [1.807, 2.05) is 13.0 Å². The number of hydrogen-bond donors (Lipinski definition) is 1. The second-order valence-electron chi connectivity index (χ2n) is 4.03. The lowest BCUT2D eigenvalue weighted by Gasteiger charge is -2.08. The van der Waals surface area contributed by atoms with Crippen LogP contribution in [-0.2, 0) is 6.54 Å². The monoisotopic (exact) mass is 222 g/mol. The number of ether oxygens (including phenoxy) is 1. The van der Waals surface area contributed by atoms with E-state index in [1.165, 1.54) is 31.4 Å². The van der Waals surface area contributed by atoms with E-state index in [1.54, 1.807) is 0 Å². The van der Waals surface area contributed by atoms with E-state index in [0.717, 1.165) is 18.9 Å². The lowest BCUT2D eigenvalue weighted by molar-refractivity contribution is -0.671. The number of nitrogens with two attached hydrogens (primary N) is 1. The fourth-order valence-corrected chi connectivity index (χ4v) is 1.77. The Hall–Kier alpha value is -1.02. The van der Waals surface area contributed by atoms with Crippen LogP contribution in [-0.4, -0.2) is 13.2 Å². The largest absolute Gasteiger partial charge is 0.493 e. The Labute approximate surface area is 99.0 Å². The van der Waals surface area contributed by atoms with Crippen molar-refractivity contribution in [3.8, 4) is 5.75 Å². The summed E-state index contributed by atoms with van der Waals surface area (Å²) in [5.41, 5.74) is 1.31. The quantitative estimate of drug-likeness (QED) is 0.671. The molecule has 0 aromatic heterocycles. The Balaban J connectivity index is 2.34. The van der Waals surface area contributed by atoms with E-state index >= 15 is 0 Å². The maximum Gasteiger partial charge on any atom is 0.128 e. The first-order chi connectivity index (χ1) is 7.88. The third kappa shape index (κ3) is 4.67. The lowest BCUT2D eigenvalue weighted by Crippen LogP contribution is -2.82. The normalized spacial score (nSPS) is 10.4. The molecular weight excluding hydrogens is 198 g/mol. The van der Waals surface area contributed by atoms with E-state index in [9.17, 15) is 0 Å². The van der Waals surface area contributed by atoms with Crippen molar-refractivity contribution in [3.05, 3.63) is 29.8 Å². The van der Waals surface area contributed by atoms with Crippen molar-refractivity contribution in [1.29, 1.82) is 0 Å². The van der Waals surface area contributed by atoms with Crippen molar-refractivity contribution in [2.75, 3.05) is 13.2 Å². The fourth-order valence-electron chi connectivity index (χ4n) is 1.77. The summed E-state index contributed by atoms with van der Waals surface area (Å²) in [6.07, 6.45) is 3.94. The SMILES string of the molecule is CCCCC[NH2+]Cc1ccccc1OCC. The van der Waals surface area contributed by atoms with E-state index < -0.39 is 0 Å². The number of rotatable bonds is 8. The number of para-hydroxylation sites is 1. The van der Waals surface area contributed by atoms with Crippen LogP contribution in [0.15, 0.2) is 24.3 Å². The van der Waals surface area contributed by atoms with Gasteiger partial charge in [0.25, 0.3) is 0 Å². The van der Waals surface area contributed by atoms with Gasteiger partial charge in [-0.1, -0.05) is 25.5 Å². The maximum atomic E-state index is 5.60. The highest BCUT2D eigenvalue weighted by Gasteiger charge is 2.03. The van der Waals surface area contributed by atoms with Gasteiger partial charge in [0.2, 0.25) is 0 Å². The number of quaternary nitrogens is 1. The average Bonchev–Trinajstić information content (AvgIpc) is 2.31. The highest BCUT2D eigenvalue weighted by Crippen LogP contribution is 2.16. The molecule has 90 valence electrons. The van der Waals surface area contributed by atoms with Gasteiger partial charge in [0, 0.05) is 5.56 Å². The topological polar surface area (TPSA) is 25.8 Å². The Morgan fingerprint density at radius 1 is 1.12 bits per heavy atom. The van der Waals surface area contributed by atoms with Crippen molar-refractivity contribution in [2.45, 2.75) is 39.7 Å². The molecule has 2 nitrogen and oxygen atoms in total. The molecule has 0 unspecified atom stereocenters. The van der Waals surface area contributed by atoms with Gasteiger partial charge in [0.05, 0.1) is 13.2 Å². The molecule has 16 heavy (non-hydrogen) atoms. The minimum atomic E-state index is 0.743. The van der Waals surface area contributed by atoms with Gasteiger partial charge in [-0.05, 0) is 31.9 Å². The molecule has 1 aromatic carbocycles. The summed E-state index contributed by atoms with van der Waals surface area (Å²) in [5.74, 6) is 1.04. The molecule has 0 spiro atoms. The standard InChI is InChI=1S/C14H23NO/c1-3-5-8-11-15-12-13-9-6-7-10-14(13)16-4-2/h6-7,9-10,15H,3-5,8,11-12H2,1-2H3/p+1. The highest BCUT2D eigenvalue weighted by molar-refractivity contribution is 5.32. The van der Waals surface area contributed by atoms with Crippen LogP contribution in [0.1, 0.15) is 38.7 Å². The van der Waals surface area contributed by atoms with Crippen molar-refractivity contribution < 1.29 is 10.1 Å². The predicted molar refractivity (Wildman–Crippen MR) is 67.6 cm³/mol. The molecule has 0 amide bonds. The van der Waals surface area contributed by atoms with Gasteiger partial charge in [0.1, 0.15) is 12.3 Å². The molecule has 2 N–H and O–H groups in total. The summed E-state index contributed by atoms with van der Waals surface area (Å²) in [4.78, 5) is 0. The van der Waals surface area contributed by atoms with Crippen molar-refractivity contribution in [1.82, 2.24) is 0 Å². The second kappa shape index (κ2) is 8.17.